The molecule has 2 aliphatic carbocycles. The second-order valence-corrected chi connectivity index (χ2v) is 4.51. The molecule has 0 saturated heterocycles. The summed E-state index contributed by atoms with van der Waals surface area (Å²) in [6, 6.07) is 6.08. The second-order valence-electron chi connectivity index (χ2n) is 4.51. The minimum Gasteiger partial charge on any atom is -0.460 e. The Morgan fingerprint density at radius 2 is 1.93 bits per heavy atom. The van der Waals surface area contributed by atoms with Gasteiger partial charge in [0.25, 0.3) is 0 Å². The Morgan fingerprint density at radius 1 is 1.33 bits per heavy atom. The monoisotopic (exact) mass is 207 g/mol. The van der Waals surface area contributed by atoms with E-state index in [9.17, 15) is 4.79 Å². The number of ether oxygens (including phenoxy) is 1. The van der Waals surface area contributed by atoms with Crippen molar-refractivity contribution in [1.82, 2.24) is 0 Å². The largest absolute Gasteiger partial charge is 0.460 e. The van der Waals surface area contributed by atoms with Crippen molar-refractivity contribution >= 4 is 11.7 Å². The highest BCUT2D eigenvalue weighted by atomic mass is 16.6. The lowest BCUT2D eigenvalue weighted by atomic mass is 9.91. The summed E-state index contributed by atoms with van der Waals surface area (Å²) in [5, 5.41) is 0. The van der Waals surface area contributed by atoms with Gasteiger partial charge in [0, 0.05) is 18.2 Å². The average Bonchev–Trinajstić information content (AvgIpc) is 1.95. The zero-order chi connectivity index (χ0) is 11.6. The predicted molar refractivity (Wildman–Crippen MR) is 61.4 cm³/mol. The molecule has 2 rings (SSSR count). The quantitative estimate of drug-likeness (QED) is 0.533. The van der Waals surface area contributed by atoms with E-state index >= 15 is 0 Å². The van der Waals surface area contributed by atoms with Gasteiger partial charge in [-0.1, -0.05) is 12.1 Å². The van der Waals surface area contributed by atoms with Crippen LogP contribution in [0.4, 0.5) is 5.69 Å². The fourth-order valence-electron chi connectivity index (χ4n) is 1.25. The molecular formula is C12H17NO2. The Balaban J connectivity index is 0.000000150. The van der Waals surface area contributed by atoms with Crippen LogP contribution in [0.1, 0.15) is 27.7 Å². The third kappa shape index (κ3) is 3.27. The highest BCUT2D eigenvalue weighted by Crippen LogP contribution is 2.38. The van der Waals surface area contributed by atoms with E-state index in [2.05, 4.69) is 6.07 Å². The van der Waals surface area contributed by atoms with Crippen molar-refractivity contribution in [2.75, 3.05) is 5.73 Å². The zero-order valence-electron chi connectivity index (χ0n) is 9.63. The lowest BCUT2D eigenvalue weighted by Gasteiger charge is -2.17. The molecule has 2 aliphatic rings. The first-order valence-corrected chi connectivity index (χ1v) is 4.89. The SMILES string of the molecule is CC(=O)OC(C)(C)C.Nc1cc2ccc1-2. The van der Waals surface area contributed by atoms with Gasteiger partial charge in [0.05, 0.1) is 0 Å². The number of benzene rings is 1. The number of rotatable bonds is 0. The summed E-state index contributed by atoms with van der Waals surface area (Å²) in [6.07, 6.45) is 0. The first kappa shape index (κ1) is 11.6. The topological polar surface area (TPSA) is 52.3 Å². The van der Waals surface area contributed by atoms with Crippen molar-refractivity contribution in [2.45, 2.75) is 33.3 Å². The summed E-state index contributed by atoms with van der Waals surface area (Å²) in [4.78, 5) is 10.2. The summed E-state index contributed by atoms with van der Waals surface area (Å²) in [5.41, 5.74) is 8.60. The van der Waals surface area contributed by atoms with E-state index in [0.717, 1.165) is 5.69 Å². The molecular weight excluding hydrogens is 190 g/mol. The Labute approximate surface area is 90.2 Å². The first-order valence-electron chi connectivity index (χ1n) is 4.89. The van der Waals surface area contributed by atoms with Crippen LogP contribution in [0.3, 0.4) is 0 Å². The molecule has 3 nitrogen and oxygen atoms in total. The molecule has 0 spiro atoms. The standard InChI is InChI=1S/C6H5N.C6H12O2/c7-6-3-4-1-2-5(4)6;1-5(7)8-6(2,3)4/h1-3H,7H2;1-4H3. The number of nitrogen functional groups attached to an aromatic ring is 1. The first-order chi connectivity index (χ1) is 6.79. The van der Waals surface area contributed by atoms with Gasteiger partial charge in [0.2, 0.25) is 0 Å². The summed E-state index contributed by atoms with van der Waals surface area (Å²) in [7, 11) is 0. The summed E-state index contributed by atoms with van der Waals surface area (Å²) in [5.74, 6) is -0.225. The summed E-state index contributed by atoms with van der Waals surface area (Å²) in [6.45, 7) is 6.93. The van der Waals surface area contributed by atoms with E-state index in [-0.39, 0.29) is 11.6 Å². The van der Waals surface area contributed by atoms with Gasteiger partial charge in [-0.05, 0) is 32.4 Å². The van der Waals surface area contributed by atoms with Gasteiger partial charge in [0.1, 0.15) is 5.60 Å². The van der Waals surface area contributed by atoms with Gasteiger partial charge >= 0.3 is 5.97 Å². The van der Waals surface area contributed by atoms with E-state index in [1.807, 2.05) is 32.9 Å². The number of esters is 1. The van der Waals surface area contributed by atoms with Crippen molar-refractivity contribution in [3.8, 4) is 11.1 Å². The Hall–Kier alpha value is -1.51. The van der Waals surface area contributed by atoms with Crippen molar-refractivity contribution in [3.05, 3.63) is 18.2 Å². The second kappa shape index (κ2) is 3.93. The molecule has 0 radical (unpaired) electrons. The fourth-order valence-corrected chi connectivity index (χ4v) is 1.25. The molecule has 0 saturated carbocycles. The minimum absolute atomic E-state index is 0.225. The van der Waals surface area contributed by atoms with Gasteiger partial charge in [0.15, 0.2) is 0 Å². The predicted octanol–water partition coefficient (Wildman–Crippen LogP) is 2.60. The molecule has 0 aromatic carbocycles. The Bertz CT molecular complexity index is 378. The van der Waals surface area contributed by atoms with E-state index in [4.69, 9.17) is 10.5 Å². The number of carbonyl (C=O) groups is 1. The molecule has 0 unspecified atom stereocenters. The molecule has 0 atom stereocenters. The summed E-state index contributed by atoms with van der Waals surface area (Å²) >= 11 is 0. The molecule has 2 N–H and O–H groups in total. The maximum Gasteiger partial charge on any atom is 0.303 e. The molecule has 0 fully saturated rings. The molecule has 82 valence electrons. The fraction of sp³-hybridized carbons (Fsp3) is 0.417. The van der Waals surface area contributed by atoms with Crippen molar-refractivity contribution < 1.29 is 9.53 Å². The van der Waals surface area contributed by atoms with Crippen LogP contribution >= 0.6 is 0 Å². The van der Waals surface area contributed by atoms with Crippen LogP contribution in [-0.2, 0) is 9.53 Å². The number of carbonyl (C=O) groups excluding carboxylic acids is 1. The number of fused-ring (bicyclic) bond motifs is 1. The number of hydrogen-bond donors (Lipinski definition) is 1. The number of hydrogen-bond acceptors (Lipinski definition) is 3. The zero-order valence-corrected chi connectivity index (χ0v) is 9.63. The third-order valence-electron chi connectivity index (χ3n) is 1.81. The normalized spacial score (nSPS) is 11.2. The number of nitrogens with two attached hydrogens (primary N) is 1. The molecule has 15 heavy (non-hydrogen) atoms. The summed E-state index contributed by atoms with van der Waals surface area (Å²) < 4.78 is 4.80. The molecule has 3 heteroatoms. The molecule has 0 aromatic heterocycles. The van der Waals surface area contributed by atoms with Crippen LogP contribution in [0.25, 0.3) is 11.1 Å². The van der Waals surface area contributed by atoms with Crippen LogP contribution in [0, 0.1) is 0 Å². The molecule has 0 amide bonds. The van der Waals surface area contributed by atoms with Crippen molar-refractivity contribution in [1.29, 1.82) is 0 Å². The Morgan fingerprint density at radius 3 is 1.93 bits per heavy atom. The van der Waals surface area contributed by atoms with Gasteiger partial charge in [-0.25, -0.2) is 0 Å². The van der Waals surface area contributed by atoms with Crippen LogP contribution in [0.2, 0.25) is 0 Å². The molecule has 0 bridgehead atoms. The van der Waals surface area contributed by atoms with Gasteiger partial charge < -0.3 is 10.5 Å². The maximum atomic E-state index is 10.2. The maximum absolute atomic E-state index is 10.2. The Kier molecular flexibility index (Phi) is 3.03. The molecule has 0 heterocycles. The average molecular weight is 207 g/mol. The molecule has 0 aliphatic heterocycles. The van der Waals surface area contributed by atoms with Crippen LogP contribution in [0.5, 0.6) is 0 Å². The van der Waals surface area contributed by atoms with Gasteiger partial charge in [-0.3, -0.25) is 4.79 Å². The van der Waals surface area contributed by atoms with Crippen LogP contribution < -0.4 is 5.73 Å². The van der Waals surface area contributed by atoms with E-state index in [1.165, 1.54) is 18.1 Å². The van der Waals surface area contributed by atoms with E-state index in [1.54, 1.807) is 0 Å². The highest BCUT2D eigenvalue weighted by molar-refractivity contribution is 5.90. The minimum atomic E-state index is -0.328. The third-order valence-corrected chi connectivity index (χ3v) is 1.81. The molecule has 0 aromatic rings. The van der Waals surface area contributed by atoms with Crippen LogP contribution in [-0.4, -0.2) is 11.6 Å². The van der Waals surface area contributed by atoms with Gasteiger partial charge in [-0.2, -0.15) is 0 Å². The lowest BCUT2D eigenvalue weighted by Crippen LogP contribution is -2.21. The van der Waals surface area contributed by atoms with Gasteiger partial charge in [-0.15, -0.1) is 0 Å². The van der Waals surface area contributed by atoms with Crippen molar-refractivity contribution in [2.24, 2.45) is 0 Å². The number of anilines is 1. The van der Waals surface area contributed by atoms with E-state index in [0.29, 0.717) is 0 Å². The van der Waals surface area contributed by atoms with Crippen molar-refractivity contribution in [3.63, 3.8) is 0 Å². The highest BCUT2D eigenvalue weighted by Gasteiger charge is 2.12. The lowest BCUT2D eigenvalue weighted by molar-refractivity contribution is -0.151. The smallest absolute Gasteiger partial charge is 0.303 e. The van der Waals surface area contributed by atoms with Crippen LogP contribution in [0.15, 0.2) is 18.2 Å². The van der Waals surface area contributed by atoms with E-state index < -0.39 is 0 Å².